The van der Waals surface area contributed by atoms with Crippen LogP contribution in [0.5, 0.6) is 0 Å². The Hall–Kier alpha value is -3.53. The zero-order valence-corrected chi connectivity index (χ0v) is 20.8. The molecule has 5 rings (SSSR count). The number of rotatable bonds is 6. The summed E-state index contributed by atoms with van der Waals surface area (Å²) in [6.45, 7) is 2.11. The molecule has 1 aliphatic heterocycles. The number of hydrogen-bond donors (Lipinski definition) is 4. The van der Waals surface area contributed by atoms with E-state index in [2.05, 4.69) is 35.8 Å². The highest BCUT2D eigenvalue weighted by molar-refractivity contribution is 6.42. The predicted octanol–water partition coefficient (Wildman–Crippen LogP) is 4.21. The van der Waals surface area contributed by atoms with Crippen molar-refractivity contribution in [3.05, 3.63) is 75.7 Å². The first kappa shape index (κ1) is 24.2. The summed E-state index contributed by atoms with van der Waals surface area (Å²) in [4.78, 5) is 26.5. The number of amides is 1. The normalized spacial score (nSPS) is 15.6. The van der Waals surface area contributed by atoms with Crippen LogP contribution >= 0.6 is 23.2 Å². The second-order valence-corrected chi connectivity index (χ2v) is 9.34. The molecule has 184 valence electrons. The van der Waals surface area contributed by atoms with Gasteiger partial charge in [0.2, 0.25) is 0 Å². The lowest BCUT2D eigenvalue weighted by Crippen LogP contribution is -2.28. The topological polar surface area (TPSA) is 134 Å². The fraction of sp³-hybridized carbons (Fsp3) is 0.240. The minimum atomic E-state index is -0.252. The van der Waals surface area contributed by atoms with Gasteiger partial charge in [0.15, 0.2) is 17.5 Å². The summed E-state index contributed by atoms with van der Waals surface area (Å²) in [6.07, 6.45) is 3.69. The number of nitrogens with one attached hydrogen (secondary N) is 3. The van der Waals surface area contributed by atoms with E-state index >= 15 is 0 Å². The lowest BCUT2D eigenvalue weighted by atomic mass is 9.99. The molecule has 1 amide bonds. The Kier molecular flexibility index (Phi) is 7.13. The summed E-state index contributed by atoms with van der Waals surface area (Å²) in [6, 6.07) is 12.4. The number of carbonyl (C=O) groups is 1. The Bertz CT molecular complexity index is 1400. The molecule has 0 radical (unpaired) electrons. The molecule has 0 unspecified atom stereocenters. The Morgan fingerprint density at radius 1 is 1.17 bits per heavy atom. The van der Waals surface area contributed by atoms with Crippen molar-refractivity contribution in [3.8, 4) is 22.8 Å². The van der Waals surface area contributed by atoms with Crippen LogP contribution in [0.2, 0.25) is 10.0 Å². The van der Waals surface area contributed by atoms with E-state index in [0.29, 0.717) is 38.4 Å². The lowest BCUT2D eigenvalue weighted by molar-refractivity contribution is 0.0951. The van der Waals surface area contributed by atoms with Crippen molar-refractivity contribution in [2.75, 3.05) is 18.8 Å². The molecule has 0 aliphatic carbocycles. The Balaban J connectivity index is 1.35. The van der Waals surface area contributed by atoms with E-state index < -0.39 is 0 Å². The number of piperidine rings is 1. The Morgan fingerprint density at radius 3 is 2.86 bits per heavy atom. The maximum atomic E-state index is 12.8. The molecule has 2 aromatic carbocycles. The number of hydrogen-bond acceptors (Lipinski definition) is 7. The van der Waals surface area contributed by atoms with Gasteiger partial charge in [-0.15, -0.1) is 0 Å². The van der Waals surface area contributed by atoms with Gasteiger partial charge in [0.25, 0.3) is 5.91 Å². The number of aromatic amines is 1. The molecule has 1 aliphatic rings. The van der Waals surface area contributed by atoms with Gasteiger partial charge in [-0.25, -0.2) is 15.0 Å². The molecular formula is C25H24Cl2N8O. The van der Waals surface area contributed by atoms with E-state index in [1.54, 1.807) is 36.5 Å². The van der Waals surface area contributed by atoms with Crippen molar-refractivity contribution in [3.63, 3.8) is 0 Å². The molecule has 4 aromatic rings. The minimum Gasteiger partial charge on any atom is -0.382 e. The number of nitrogen functional groups attached to an aromatic ring is 1. The van der Waals surface area contributed by atoms with Crippen molar-refractivity contribution < 1.29 is 4.79 Å². The SMILES string of the molecule is Nc1ncc(-c2cccc(C(=O)NCc3cccc(Cl)c3Cl)c2)nc1-c1nc([C@H]2CCCNC2)n[nH]1. The summed E-state index contributed by atoms with van der Waals surface area (Å²) in [5.74, 6) is 1.45. The van der Waals surface area contributed by atoms with Crippen molar-refractivity contribution in [1.29, 1.82) is 0 Å². The molecule has 3 heterocycles. The molecular weight excluding hydrogens is 499 g/mol. The van der Waals surface area contributed by atoms with Crippen molar-refractivity contribution in [2.24, 2.45) is 0 Å². The van der Waals surface area contributed by atoms with Gasteiger partial charge in [0, 0.05) is 30.1 Å². The number of benzene rings is 2. The highest BCUT2D eigenvalue weighted by atomic mass is 35.5. The van der Waals surface area contributed by atoms with Crippen LogP contribution in [-0.4, -0.2) is 44.1 Å². The number of halogens is 2. The first-order valence-electron chi connectivity index (χ1n) is 11.6. The summed E-state index contributed by atoms with van der Waals surface area (Å²) in [5.41, 5.74) is 9.02. The van der Waals surface area contributed by atoms with E-state index in [0.717, 1.165) is 37.3 Å². The van der Waals surface area contributed by atoms with Crippen molar-refractivity contribution in [1.82, 2.24) is 35.8 Å². The Morgan fingerprint density at radius 2 is 2.03 bits per heavy atom. The first-order chi connectivity index (χ1) is 17.5. The lowest BCUT2D eigenvalue weighted by Gasteiger charge is -2.19. The molecule has 0 spiro atoms. The average Bonchev–Trinajstić information content (AvgIpc) is 3.40. The Labute approximate surface area is 217 Å². The predicted molar refractivity (Wildman–Crippen MR) is 140 cm³/mol. The third kappa shape index (κ3) is 5.18. The molecule has 1 fully saturated rings. The van der Waals surface area contributed by atoms with Crippen LogP contribution in [0.4, 0.5) is 5.82 Å². The van der Waals surface area contributed by atoms with Crippen molar-refractivity contribution >= 4 is 34.9 Å². The smallest absolute Gasteiger partial charge is 0.251 e. The third-order valence-electron chi connectivity index (χ3n) is 6.08. The molecule has 11 heteroatoms. The molecule has 0 saturated carbocycles. The number of anilines is 1. The number of H-pyrrole nitrogens is 1. The largest absolute Gasteiger partial charge is 0.382 e. The minimum absolute atomic E-state index is 0.246. The molecule has 2 aromatic heterocycles. The molecule has 5 N–H and O–H groups in total. The van der Waals surface area contributed by atoms with Gasteiger partial charge in [0.05, 0.1) is 21.9 Å². The van der Waals surface area contributed by atoms with Gasteiger partial charge in [-0.1, -0.05) is 47.5 Å². The van der Waals surface area contributed by atoms with Gasteiger partial charge in [-0.05, 0) is 43.1 Å². The van der Waals surface area contributed by atoms with Gasteiger partial charge in [-0.3, -0.25) is 9.89 Å². The van der Waals surface area contributed by atoms with Crippen LogP contribution < -0.4 is 16.4 Å². The van der Waals surface area contributed by atoms with E-state index in [1.165, 1.54) is 0 Å². The van der Waals surface area contributed by atoms with Crippen molar-refractivity contribution in [2.45, 2.75) is 25.3 Å². The second-order valence-electron chi connectivity index (χ2n) is 8.55. The maximum Gasteiger partial charge on any atom is 0.251 e. The zero-order valence-electron chi connectivity index (χ0n) is 19.3. The monoisotopic (exact) mass is 522 g/mol. The van der Waals surface area contributed by atoms with Gasteiger partial charge >= 0.3 is 0 Å². The standard InChI is InChI=1S/C25H24Cl2N8O/c26-18-8-2-6-16(20(18)27)12-31-25(36)15-5-1-4-14(10-15)19-13-30-22(28)21(32-19)24-33-23(34-35-24)17-7-3-9-29-11-17/h1-2,4-6,8,10,13,17,29H,3,7,9,11-12H2,(H2,28,30)(H,31,36)(H,33,34,35)/t17-/m0/s1. The van der Waals surface area contributed by atoms with E-state index in [9.17, 15) is 4.79 Å². The van der Waals surface area contributed by atoms with Gasteiger partial charge < -0.3 is 16.4 Å². The van der Waals surface area contributed by atoms with Crippen LogP contribution in [0.15, 0.2) is 48.7 Å². The fourth-order valence-corrected chi connectivity index (χ4v) is 4.52. The number of aromatic nitrogens is 5. The molecule has 0 bridgehead atoms. The highest BCUT2D eigenvalue weighted by Gasteiger charge is 2.21. The first-order valence-corrected chi connectivity index (χ1v) is 12.3. The summed E-state index contributed by atoms with van der Waals surface area (Å²) < 4.78 is 0. The van der Waals surface area contributed by atoms with E-state index in [4.69, 9.17) is 28.9 Å². The van der Waals surface area contributed by atoms with Gasteiger partial charge in [0.1, 0.15) is 5.69 Å². The van der Waals surface area contributed by atoms with Crippen LogP contribution in [0.1, 0.15) is 40.5 Å². The number of nitrogens with zero attached hydrogens (tertiary/aromatic N) is 4. The second kappa shape index (κ2) is 10.6. The van der Waals surface area contributed by atoms with Crippen LogP contribution in [0.25, 0.3) is 22.8 Å². The van der Waals surface area contributed by atoms with Crippen LogP contribution in [0, 0.1) is 0 Å². The number of carbonyl (C=O) groups excluding carboxylic acids is 1. The zero-order chi connectivity index (χ0) is 25.1. The fourth-order valence-electron chi connectivity index (χ4n) is 4.13. The average molecular weight is 523 g/mol. The number of nitrogens with two attached hydrogens (primary N) is 1. The summed E-state index contributed by atoms with van der Waals surface area (Å²) >= 11 is 12.3. The molecule has 1 saturated heterocycles. The highest BCUT2D eigenvalue weighted by Crippen LogP contribution is 2.27. The van der Waals surface area contributed by atoms with E-state index in [-0.39, 0.29) is 24.2 Å². The van der Waals surface area contributed by atoms with Gasteiger partial charge in [-0.2, -0.15) is 5.10 Å². The summed E-state index contributed by atoms with van der Waals surface area (Å²) in [5, 5.41) is 14.5. The van der Waals surface area contributed by atoms with Crippen LogP contribution in [0.3, 0.4) is 0 Å². The maximum absolute atomic E-state index is 12.8. The summed E-state index contributed by atoms with van der Waals surface area (Å²) in [7, 11) is 0. The molecule has 1 atom stereocenters. The molecule has 9 nitrogen and oxygen atoms in total. The quantitative estimate of drug-likeness (QED) is 0.297. The third-order valence-corrected chi connectivity index (χ3v) is 6.94. The molecule has 36 heavy (non-hydrogen) atoms. The van der Waals surface area contributed by atoms with E-state index in [1.807, 2.05) is 12.1 Å². The van der Waals surface area contributed by atoms with Crippen LogP contribution in [-0.2, 0) is 6.54 Å².